The fourth-order valence-electron chi connectivity index (χ4n) is 1.80. The fourth-order valence-corrected chi connectivity index (χ4v) is 1.80. The molecule has 2 heterocycles. The Morgan fingerprint density at radius 2 is 1.95 bits per heavy atom. The van der Waals surface area contributed by atoms with E-state index in [0.717, 1.165) is 0 Å². The monoisotopic (exact) mass is 270 g/mol. The molecule has 0 radical (unpaired) electrons. The molecule has 5 N–H and O–H groups in total. The summed E-state index contributed by atoms with van der Waals surface area (Å²) in [5.74, 6) is -0.461. The van der Waals surface area contributed by atoms with Gasteiger partial charge in [0.15, 0.2) is 0 Å². The lowest BCUT2D eigenvalue weighted by Crippen LogP contribution is -2.19. The molecule has 0 fully saturated rings. The van der Waals surface area contributed by atoms with Crippen LogP contribution in [-0.2, 0) is 0 Å². The molecule has 8 heteroatoms. The van der Waals surface area contributed by atoms with Crippen LogP contribution in [0.1, 0.15) is 10.5 Å². The standard InChI is InChI=1S/C12H10N6O2/c13-6-3-10(15-11(19)4-6)12(20)14-7-1-2-8-9(5-7)17-18-16-8/h1-5H,(H,14,20)(H3,13,15,19)(H,16,17,18). The number of hydrogen-bond donors (Lipinski definition) is 4. The summed E-state index contributed by atoms with van der Waals surface area (Å²) >= 11 is 0. The Bertz CT molecular complexity index is 850. The van der Waals surface area contributed by atoms with Crippen molar-refractivity contribution in [2.24, 2.45) is 0 Å². The van der Waals surface area contributed by atoms with Crippen LogP contribution in [0.2, 0.25) is 0 Å². The minimum absolute atomic E-state index is 0.0928. The quantitative estimate of drug-likeness (QED) is 0.538. The Balaban J connectivity index is 1.89. The SMILES string of the molecule is Nc1cc(C(=O)Nc2ccc3n[nH]nc3c2)[nH]c(=O)c1. The van der Waals surface area contributed by atoms with Crippen molar-refractivity contribution < 1.29 is 4.79 Å². The van der Waals surface area contributed by atoms with Gasteiger partial charge in [-0.1, -0.05) is 0 Å². The molecule has 1 amide bonds. The zero-order valence-corrected chi connectivity index (χ0v) is 10.2. The van der Waals surface area contributed by atoms with E-state index in [1.54, 1.807) is 18.2 Å². The molecule has 0 aliphatic rings. The molecule has 0 aliphatic carbocycles. The molecule has 3 aromatic rings. The lowest BCUT2D eigenvalue weighted by atomic mass is 10.2. The number of carbonyl (C=O) groups is 1. The first-order chi connectivity index (χ1) is 9.61. The minimum Gasteiger partial charge on any atom is -0.399 e. The number of H-pyrrole nitrogens is 2. The van der Waals surface area contributed by atoms with Crippen LogP contribution in [0.15, 0.2) is 35.1 Å². The second kappa shape index (κ2) is 4.50. The first-order valence-electron chi connectivity index (χ1n) is 5.73. The van der Waals surface area contributed by atoms with Crippen molar-refractivity contribution in [3.05, 3.63) is 46.4 Å². The molecular formula is C12H10N6O2. The summed E-state index contributed by atoms with van der Waals surface area (Å²) in [5.41, 5.74) is 7.29. The van der Waals surface area contributed by atoms with Crippen molar-refractivity contribution in [3.8, 4) is 0 Å². The van der Waals surface area contributed by atoms with Gasteiger partial charge >= 0.3 is 0 Å². The molecule has 3 rings (SSSR count). The number of pyridine rings is 1. The number of aromatic nitrogens is 4. The number of rotatable bonds is 2. The van der Waals surface area contributed by atoms with Crippen LogP contribution in [-0.4, -0.2) is 26.3 Å². The summed E-state index contributed by atoms with van der Waals surface area (Å²) in [4.78, 5) is 25.7. The smallest absolute Gasteiger partial charge is 0.272 e. The van der Waals surface area contributed by atoms with E-state index < -0.39 is 11.5 Å². The molecule has 100 valence electrons. The summed E-state index contributed by atoms with van der Waals surface area (Å²) in [6, 6.07) is 7.68. The number of anilines is 2. The Morgan fingerprint density at radius 3 is 2.75 bits per heavy atom. The van der Waals surface area contributed by atoms with Crippen LogP contribution >= 0.6 is 0 Å². The fraction of sp³-hybridized carbons (Fsp3) is 0. The zero-order valence-electron chi connectivity index (χ0n) is 10.2. The van der Waals surface area contributed by atoms with Gasteiger partial charge in [0.05, 0.1) is 0 Å². The van der Waals surface area contributed by atoms with Gasteiger partial charge in [0.1, 0.15) is 16.7 Å². The summed E-state index contributed by atoms with van der Waals surface area (Å²) < 4.78 is 0. The Morgan fingerprint density at radius 1 is 1.15 bits per heavy atom. The minimum atomic E-state index is -0.461. The van der Waals surface area contributed by atoms with E-state index in [-0.39, 0.29) is 11.4 Å². The van der Waals surface area contributed by atoms with Gasteiger partial charge in [-0.3, -0.25) is 9.59 Å². The van der Waals surface area contributed by atoms with Crippen molar-refractivity contribution in [1.29, 1.82) is 0 Å². The lowest BCUT2D eigenvalue weighted by molar-refractivity contribution is 0.102. The highest BCUT2D eigenvalue weighted by atomic mass is 16.2. The largest absolute Gasteiger partial charge is 0.399 e. The predicted octanol–water partition coefficient (Wildman–Crippen LogP) is 0.481. The van der Waals surface area contributed by atoms with Crippen molar-refractivity contribution in [2.45, 2.75) is 0 Å². The van der Waals surface area contributed by atoms with E-state index in [9.17, 15) is 9.59 Å². The number of nitrogens with one attached hydrogen (secondary N) is 3. The third-order valence-electron chi connectivity index (χ3n) is 2.69. The molecule has 0 spiro atoms. The first kappa shape index (κ1) is 11.9. The number of benzene rings is 1. The summed E-state index contributed by atoms with van der Waals surface area (Å²) in [6.07, 6.45) is 0. The first-order valence-corrected chi connectivity index (χ1v) is 5.73. The maximum atomic E-state index is 12.0. The normalized spacial score (nSPS) is 10.6. The van der Waals surface area contributed by atoms with Gasteiger partial charge in [0, 0.05) is 17.4 Å². The van der Waals surface area contributed by atoms with Crippen LogP contribution in [0.3, 0.4) is 0 Å². The molecular weight excluding hydrogens is 260 g/mol. The van der Waals surface area contributed by atoms with Gasteiger partial charge < -0.3 is 16.0 Å². The summed E-state index contributed by atoms with van der Waals surface area (Å²) in [7, 11) is 0. The number of nitrogens with zero attached hydrogens (tertiary/aromatic N) is 2. The van der Waals surface area contributed by atoms with Crippen molar-refractivity contribution in [1.82, 2.24) is 20.4 Å². The van der Waals surface area contributed by atoms with Gasteiger partial charge in [-0.05, 0) is 24.3 Å². The highest BCUT2D eigenvalue weighted by molar-refractivity contribution is 6.04. The maximum absolute atomic E-state index is 12.0. The number of amides is 1. The van der Waals surface area contributed by atoms with Crippen LogP contribution in [0.5, 0.6) is 0 Å². The molecule has 0 bridgehead atoms. The van der Waals surface area contributed by atoms with Gasteiger partial charge in [-0.2, -0.15) is 15.4 Å². The molecule has 2 aromatic heterocycles. The van der Waals surface area contributed by atoms with Crippen LogP contribution in [0, 0.1) is 0 Å². The number of aromatic amines is 2. The average Bonchev–Trinajstić information content (AvgIpc) is 2.85. The van der Waals surface area contributed by atoms with Crippen molar-refractivity contribution in [2.75, 3.05) is 11.1 Å². The van der Waals surface area contributed by atoms with Crippen LogP contribution in [0.25, 0.3) is 11.0 Å². The van der Waals surface area contributed by atoms with E-state index in [2.05, 4.69) is 25.7 Å². The predicted molar refractivity (Wildman–Crippen MR) is 73.3 cm³/mol. The molecule has 0 atom stereocenters. The molecule has 0 saturated carbocycles. The molecule has 0 aliphatic heterocycles. The maximum Gasteiger partial charge on any atom is 0.272 e. The summed E-state index contributed by atoms with van der Waals surface area (Å²) in [5, 5.41) is 13.0. The third-order valence-corrected chi connectivity index (χ3v) is 2.69. The van der Waals surface area contributed by atoms with Crippen LogP contribution in [0.4, 0.5) is 11.4 Å². The zero-order chi connectivity index (χ0) is 14.1. The molecule has 0 saturated heterocycles. The average molecular weight is 270 g/mol. The number of nitrogen functional groups attached to an aromatic ring is 1. The van der Waals surface area contributed by atoms with Crippen LogP contribution < -0.4 is 16.6 Å². The van der Waals surface area contributed by atoms with Crippen molar-refractivity contribution in [3.63, 3.8) is 0 Å². The second-order valence-electron chi connectivity index (χ2n) is 4.17. The van der Waals surface area contributed by atoms with Gasteiger partial charge in [0.25, 0.3) is 11.5 Å². The lowest BCUT2D eigenvalue weighted by Gasteiger charge is -2.05. The van der Waals surface area contributed by atoms with Gasteiger partial charge in [-0.15, -0.1) is 0 Å². The highest BCUT2D eigenvalue weighted by Crippen LogP contribution is 2.15. The van der Waals surface area contributed by atoms with E-state index in [4.69, 9.17) is 5.73 Å². The van der Waals surface area contributed by atoms with Gasteiger partial charge in [-0.25, -0.2) is 0 Å². The Hall–Kier alpha value is -3.16. The summed E-state index contributed by atoms with van der Waals surface area (Å²) in [6.45, 7) is 0. The topological polar surface area (TPSA) is 130 Å². The van der Waals surface area contributed by atoms with Gasteiger partial charge in [0.2, 0.25) is 0 Å². The molecule has 0 unspecified atom stereocenters. The molecule has 8 nitrogen and oxygen atoms in total. The van der Waals surface area contributed by atoms with E-state index >= 15 is 0 Å². The second-order valence-corrected chi connectivity index (χ2v) is 4.17. The van der Waals surface area contributed by atoms with E-state index in [0.29, 0.717) is 16.7 Å². The highest BCUT2D eigenvalue weighted by Gasteiger charge is 2.09. The van der Waals surface area contributed by atoms with Crippen molar-refractivity contribution >= 4 is 28.3 Å². The van der Waals surface area contributed by atoms with E-state index in [1.165, 1.54) is 12.1 Å². The molecule has 20 heavy (non-hydrogen) atoms. The molecule has 1 aromatic carbocycles. The Kier molecular flexibility index (Phi) is 2.68. The number of carbonyl (C=O) groups excluding carboxylic acids is 1. The number of hydrogen-bond acceptors (Lipinski definition) is 5. The number of fused-ring (bicyclic) bond motifs is 1. The third kappa shape index (κ3) is 2.21. The van der Waals surface area contributed by atoms with E-state index in [1.807, 2.05) is 0 Å². The Labute approximate surface area is 112 Å². The number of nitrogens with two attached hydrogens (primary N) is 1.